The maximum Gasteiger partial charge on any atom is 0.453 e. The topological polar surface area (TPSA) is 173 Å². The number of nitrogens with zero attached hydrogens (tertiary/aromatic N) is 4. The molecule has 63 heavy (non-hydrogen) atoms. The molecule has 0 radical (unpaired) electrons. The summed E-state index contributed by atoms with van der Waals surface area (Å²) in [6, 6.07) is 22.5. The molecule has 0 aliphatic carbocycles. The Morgan fingerprint density at radius 2 is 1.79 bits per heavy atom. The van der Waals surface area contributed by atoms with Crippen LogP contribution in [0.1, 0.15) is 91.1 Å². The number of halogens is 2. The van der Waals surface area contributed by atoms with Crippen molar-refractivity contribution in [3.63, 3.8) is 0 Å². The maximum atomic E-state index is 16.6. The largest absolute Gasteiger partial charge is 0.453 e. The van der Waals surface area contributed by atoms with Gasteiger partial charge in [0.15, 0.2) is 0 Å². The van der Waals surface area contributed by atoms with Gasteiger partial charge < -0.3 is 24.7 Å². The number of aliphatic hydroxyl groups is 1. The zero-order valence-electron chi connectivity index (χ0n) is 35.0. The summed E-state index contributed by atoms with van der Waals surface area (Å²) in [5, 5.41) is 32.8. The molecule has 17 heteroatoms. The highest BCUT2D eigenvalue weighted by Crippen LogP contribution is 2.66. The van der Waals surface area contributed by atoms with Gasteiger partial charge in [-0.15, -0.1) is 11.3 Å². The smallest absolute Gasteiger partial charge is 0.420 e. The Balaban J connectivity index is 1.08. The summed E-state index contributed by atoms with van der Waals surface area (Å²) in [4.78, 5) is 45.9. The Bertz CT molecular complexity index is 2510. The molecular formula is C46H50F2N5O7PS2. The van der Waals surface area contributed by atoms with E-state index in [2.05, 4.69) is 11.4 Å². The summed E-state index contributed by atoms with van der Waals surface area (Å²) in [5.41, 5.74) is -3.80. The van der Waals surface area contributed by atoms with Crippen LogP contribution in [0.5, 0.6) is 5.75 Å². The molecule has 0 bridgehead atoms. The Hall–Kier alpha value is -4.96. The Labute approximate surface area is 373 Å². The van der Waals surface area contributed by atoms with E-state index in [4.69, 9.17) is 9.05 Å². The molecule has 0 spiro atoms. The molecule has 7 rings (SSSR count). The molecular weight excluding hydrogens is 868 g/mol. The number of thiophene rings is 1. The lowest BCUT2D eigenvalue weighted by atomic mass is 9.90. The van der Waals surface area contributed by atoms with Crippen molar-refractivity contribution in [1.29, 1.82) is 10.5 Å². The van der Waals surface area contributed by atoms with E-state index in [-0.39, 0.29) is 74.5 Å². The normalized spacial score (nSPS) is 22.9. The molecule has 3 aliphatic rings. The Morgan fingerprint density at radius 3 is 2.54 bits per heavy atom. The molecule has 4 heterocycles. The molecule has 1 unspecified atom stereocenters. The van der Waals surface area contributed by atoms with Crippen LogP contribution in [0.3, 0.4) is 0 Å². The predicted octanol–water partition coefficient (Wildman–Crippen LogP) is 9.11. The number of likely N-dealkylation sites (tertiary alicyclic amines) is 1. The van der Waals surface area contributed by atoms with Crippen LogP contribution in [0.4, 0.5) is 8.78 Å². The Morgan fingerprint density at radius 1 is 1.02 bits per heavy atom. The number of alkyl halides is 2. The predicted molar refractivity (Wildman–Crippen MR) is 240 cm³/mol. The van der Waals surface area contributed by atoms with Crippen LogP contribution in [0.15, 0.2) is 78.9 Å². The zero-order chi connectivity index (χ0) is 44.9. The van der Waals surface area contributed by atoms with Crippen LogP contribution >= 0.6 is 30.3 Å². The van der Waals surface area contributed by atoms with E-state index >= 15 is 8.78 Å². The minimum atomic E-state index is -5.36. The van der Waals surface area contributed by atoms with E-state index in [1.807, 2.05) is 50.2 Å². The van der Waals surface area contributed by atoms with E-state index < -0.39 is 43.4 Å². The fourth-order valence-electron chi connectivity index (χ4n) is 8.69. The first-order chi connectivity index (χ1) is 30.2. The quantitative estimate of drug-likeness (QED) is 0.0483. The van der Waals surface area contributed by atoms with Gasteiger partial charge in [0.1, 0.15) is 17.8 Å². The second-order valence-corrected chi connectivity index (χ2v) is 21.0. The molecule has 3 aliphatic heterocycles. The van der Waals surface area contributed by atoms with Crippen LogP contribution in [0.25, 0.3) is 10.1 Å². The highest BCUT2D eigenvalue weighted by molar-refractivity contribution is 7.98. The summed E-state index contributed by atoms with van der Waals surface area (Å²) in [5.74, 6) is -1.64. The summed E-state index contributed by atoms with van der Waals surface area (Å²) in [6.07, 6.45) is 4.12. The number of nitriles is 2. The first-order valence-electron chi connectivity index (χ1n) is 21.2. The Kier molecular flexibility index (Phi) is 14.5. The second kappa shape index (κ2) is 19.8. The number of rotatable bonds is 14. The lowest BCUT2D eigenvalue weighted by Crippen LogP contribution is -2.56. The van der Waals surface area contributed by atoms with Gasteiger partial charge in [-0.05, 0) is 78.9 Å². The van der Waals surface area contributed by atoms with Crippen molar-refractivity contribution in [2.24, 2.45) is 11.8 Å². The summed E-state index contributed by atoms with van der Waals surface area (Å²) < 4.78 is 58.7. The minimum absolute atomic E-state index is 0.0670. The van der Waals surface area contributed by atoms with Crippen molar-refractivity contribution >= 4 is 63.1 Å². The van der Waals surface area contributed by atoms with Crippen molar-refractivity contribution in [3.05, 3.63) is 100 Å². The van der Waals surface area contributed by atoms with Gasteiger partial charge in [-0.2, -0.15) is 30.7 Å². The van der Waals surface area contributed by atoms with Gasteiger partial charge in [0.25, 0.3) is 5.91 Å². The van der Waals surface area contributed by atoms with Gasteiger partial charge >= 0.3 is 13.3 Å². The monoisotopic (exact) mass is 917 g/mol. The molecule has 3 amide bonds. The number of benzene rings is 3. The molecule has 3 aromatic carbocycles. The number of thiol groups is 1. The van der Waals surface area contributed by atoms with E-state index in [0.29, 0.717) is 54.7 Å². The molecule has 12 nitrogen and oxygen atoms in total. The highest BCUT2D eigenvalue weighted by atomic mass is 32.1. The number of amides is 3. The van der Waals surface area contributed by atoms with E-state index in [1.165, 1.54) is 36.4 Å². The van der Waals surface area contributed by atoms with Gasteiger partial charge in [-0.3, -0.25) is 18.9 Å². The van der Waals surface area contributed by atoms with Gasteiger partial charge in [0, 0.05) is 47.5 Å². The van der Waals surface area contributed by atoms with E-state index in [1.54, 1.807) is 9.80 Å². The van der Waals surface area contributed by atoms with Crippen LogP contribution in [0.2, 0.25) is 0 Å². The molecule has 1 aromatic heterocycles. The van der Waals surface area contributed by atoms with Crippen LogP contribution in [0, 0.1) is 34.5 Å². The number of nitrogens with one attached hydrogen (secondary N) is 1. The molecule has 3 fully saturated rings. The standard InChI is InChI=1S/C46H50F2N5O7PS2/c1-29(2)21-42(54)62-20-19-59-61(58,60-36-13-8-9-30(22-36)25-49)46(47,48)34-15-18-40-32(23-34)24-41(63-40)43(55)51-38-14-7-6-12-35-16-17-39(53(35)44(38)56)45(57)52-27-33(26-50)37(28-52)31-10-4-3-5-11-31/h3-5,8-11,13,15,18,22-24,29,33,35,37-39,54,62H,6-7,12,14,16-17,19-21,27-28H2,1-2H3,(H,51,55)/t33-,35+,37+,38+,39+,61?/m1/s1. The third-order valence-corrected chi connectivity index (χ3v) is 15.8. The van der Waals surface area contributed by atoms with Crippen LogP contribution in [-0.2, 0) is 24.3 Å². The van der Waals surface area contributed by atoms with Crippen molar-refractivity contribution < 1.29 is 41.9 Å². The van der Waals surface area contributed by atoms with Gasteiger partial charge in [-0.25, -0.2) is 4.57 Å². The zero-order valence-corrected chi connectivity index (χ0v) is 37.6. The lowest BCUT2D eigenvalue weighted by Gasteiger charge is -2.36. The molecule has 0 saturated carbocycles. The molecule has 4 aromatic rings. The van der Waals surface area contributed by atoms with Crippen LogP contribution in [-0.4, -0.2) is 81.3 Å². The third-order valence-electron chi connectivity index (χ3n) is 11.8. The fraction of sp³-hybridized carbons (Fsp3) is 0.435. The fourth-order valence-corrected chi connectivity index (χ4v) is 12.2. The van der Waals surface area contributed by atoms with E-state index in [9.17, 15) is 34.6 Å². The lowest BCUT2D eigenvalue weighted by molar-refractivity contribution is -0.146. The molecule has 332 valence electrons. The summed E-state index contributed by atoms with van der Waals surface area (Å²) >= 11 is 1.48. The number of hydrogen-bond acceptors (Lipinski definition) is 9. The van der Waals surface area contributed by atoms with Crippen molar-refractivity contribution in [1.82, 2.24) is 15.1 Å². The number of hydrogen-bond donors (Lipinski definition) is 3. The van der Waals surface area contributed by atoms with Gasteiger partial charge in [0.05, 0.1) is 40.2 Å². The number of fused-ring (bicyclic) bond motifs is 2. The molecule has 3 saturated heterocycles. The first-order valence-corrected chi connectivity index (χ1v) is 24.6. The number of aliphatic hydroxyl groups excluding tert-OH is 1. The number of carbonyl (C=O) groups excluding carboxylic acids is 3. The van der Waals surface area contributed by atoms with Crippen molar-refractivity contribution in [2.75, 3.05) is 25.4 Å². The molecule has 6 atom stereocenters. The van der Waals surface area contributed by atoms with Crippen LogP contribution < -0.4 is 9.84 Å². The summed E-state index contributed by atoms with van der Waals surface area (Å²) in [7, 11) is -5.36. The average Bonchev–Trinajstić information content (AvgIpc) is 4.02. The van der Waals surface area contributed by atoms with Gasteiger partial charge in [-0.1, -0.05) is 69.2 Å². The minimum Gasteiger partial charge on any atom is -0.420 e. The highest BCUT2D eigenvalue weighted by Gasteiger charge is 2.57. The number of carbonyl (C=O) groups is 3. The van der Waals surface area contributed by atoms with E-state index in [0.717, 1.165) is 41.9 Å². The maximum absolute atomic E-state index is 16.6. The molecule has 2 N–H and O–H groups in total. The SMILES string of the molecule is CC(C)CC(O)=[SH]CCOP(=O)(Oc1cccc(C#N)c1)C(F)(F)c1ccc2sc(C(=O)N[C@H]3CCCC[C@H]4CC[C@@H](C(=O)N5C[C@@H](C#N)[C@H](c6ccccc6)C5)N4C3=O)cc2c1. The average molecular weight is 918 g/mol. The van der Waals surface area contributed by atoms with Gasteiger partial charge in [0.2, 0.25) is 11.8 Å². The van der Waals surface area contributed by atoms with Crippen molar-refractivity contribution in [2.45, 2.75) is 88.5 Å². The third kappa shape index (κ3) is 10.2. The second-order valence-electron chi connectivity index (χ2n) is 16.7. The summed E-state index contributed by atoms with van der Waals surface area (Å²) in [6.45, 7) is 4.06. The van der Waals surface area contributed by atoms with Crippen molar-refractivity contribution in [3.8, 4) is 17.9 Å². The first kappa shape index (κ1) is 46.0.